The number of aliphatic hydroxyl groups is 2. The van der Waals surface area contributed by atoms with Crippen LogP contribution in [0.4, 0.5) is 0 Å². The monoisotopic (exact) mass is 344 g/mol. The first-order valence-corrected chi connectivity index (χ1v) is 8.04. The molecule has 1 aliphatic rings. The normalized spacial score (nSPS) is 25.7. The highest BCUT2D eigenvalue weighted by molar-refractivity contribution is 5.89. The molecule has 2 aromatic carbocycles. The van der Waals surface area contributed by atoms with E-state index in [0.29, 0.717) is 5.56 Å². The molecular weight excluding hydrogens is 324 g/mol. The first kappa shape index (κ1) is 17.6. The molecule has 0 aliphatic carbocycles. The first-order chi connectivity index (χ1) is 12.1. The van der Waals surface area contributed by atoms with Crippen LogP contribution in [0, 0.1) is 0 Å². The van der Waals surface area contributed by atoms with Crippen LogP contribution in [-0.4, -0.2) is 47.4 Å². The van der Waals surface area contributed by atoms with Gasteiger partial charge in [-0.25, -0.2) is 4.79 Å². The summed E-state index contributed by atoms with van der Waals surface area (Å²) in [6.45, 7) is 0.128. The second kappa shape index (κ2) is 8.22. The maximum absolute atomic E-state index is 12.0. The lowest BCUT2D eigenvalue weighted by molar-refractivity contribution is -0.133. The highest BCUT2D eigenvalue weighted by Crippen LogP contribution is 2.24. The number of rotatable bonds is 6. The predicted octanol–water partition coefficient (Wildman–Crippen LogP) is 1.51. The molecule has 132 valence electrons. The summed E-state index contributed by atoms with van der Waals surface area (Å²) in [4.78, 5) is 12.0. The van der Waals surface area contributed by atoms with Crippen LogP contribution in [0.15, 0.2) is 60.7 Å². The standard InChI is InChI=1S/C19H20O6/c20-16-17(23-11-13-7-3-1-4-8-13)15(25-19(16)22)12-24-18(21)14-9-5-2-6-10-14/h1-10,15-17,19-20,22H,11-12H2/t15-,16-,17-,19-/m0/s1. The van der Waals surface area contributed by atoms with E-state index in [1.54, 1.807) is 30.3 Å². The van der Waals surface area contributed by atoms with Gasteiger partial charge >= 0.3 is 5.97 Å². The van der Waals surface area contributed by atoms with Crippen molar-refractivity contribution in [3.8, 4) is 0 Å². The van der Waals surface area contributed by atoms with Gasteiger partial charge in [0.05, 0.1) is 12.2 Å². The van der Waals surface area contributed by atoms with Crippen molar-refractivity contribution in [1.82, 2.24) is 0 Å². The van der Waals surface area contributed by atoms with Crippen molar-refractivity contribution in [2.75, 3.05) is 6.61 Å². The van der Waals surface area contributed by atoms with Crippen LogP contribution in [0.3, 0.4) is 0 Å². The van der Waals surface area contributed by atoms with E-state index < -0.39 is 30.6 Å². The lowest BCUT2D eigenvalue weighted by Crippen LogP contribution is -2.37. The molecule has 0 bridgehead atoms. The van der Waals surface area contributed by atoms with Gasteiger partial charge in [0.15, 0.2) is 6.29 Å². The minimum Gasteiger partial charge on any atom is -0.459 e. The molecule has 6 heteroatoms. The Morgan fingerprint density at radius 3 is 2.32 bits per heavy atom. The van der Waals surface area contributed by atoms with Crippen LogP contribution in [0.25, 0.3) is 0 Å². The average molecular weight is 344 g/mol. The fraction of sp³-hybridized carbons (Fsp3) is 0.316. The van der Waals surface area contributed by atoms with E-state index in [1.807, 2.05) is 30.3 Å². The zero-order chi connectivity index (χ0) is 17.6. The zero-order valence-corrected chi connectivity index (χ0v) is 13.5. The fourth-order valence-electron chi connectivity index (χ4n) is 2.64. The van der Waals surface area contributed by atoms with Gasteiger partial charge in [0.2, 0.25) is 0 Å². The average Bonchev–Trinajstić information content (AvgIpc) is 2.93. The second-order valence-corrected chi connectivity index (χ2v) is 5.78. The maximum Gasteiger partial charge on any atom is 0.338 e. The molecule has 1 aliphatic heterocycles. The van der Waals surface area contributed by atoms with Crippen LogP contribution in [0.5, 0.6) is 0 Å². The number of benzene rings is 2. The lowest BCUT2D eigenvalue weighted by Gasteiger charge is -2.20. The SMILES string of the molecule is O=C(OC[C@@H]1O[C@H](O)[C@@H](O)[C@H]1OCc1ccccc1)c1ccccc1. The molecule has 0 saturated carbocycles. The lowest BCUT2D eigenvalue weighted by atomic mass is 10.1. The minimum atomic E-state index is -1.37. The van der Waals surface area contributed by atoms with Crippen LogP contribution in [-0.2, 0) is 20.8 Å². The Bertz CT molecular complexity index is 675. The van der Waals surface area contributed by atoms with Crippen LogP contribution < -0.4 is 0 Å². The van der Waals surface area contributed by atoms with Crippen molar-refractivity contribution in [2.24, 2.45) is 0 Å². The van der Waals surface area contributed by atoms with Gasteiger partial charge in [-0.2, -0.15) is 0 Å². The van der Waals surface area contributed by atoms with Crippen molar-refractivity contribution in [3.63, 3.8) is 0 Å². The van der Waals surface area contributed by atoms with Gasteiger partial charge in [0.25, 0.3) is 0 Å². The van der Waals surface area contributed by atoms with Crippen LogP contribution >= 0.6 is 0 Å². The summed E-state index contributed by atoms with van der Waals surface area (Å²) in [6, 6.07) is 18.0. The molecule has 25 heavy (non-hydrogen) atoms. The Labute approximate surface area is 145 Å². The molecule has 1 fully saturated rings. The van der Waals surface area contributed by atoms with Gasteiger partial charge in [-0.1, -0.05) is 48.5 Å². The zero-order valence-electron chi connectivity index (χ0n) is 13.5. The Balaban J connectivity index is 1.57. The highest BCUT2D eigenvalue weighted by atomic mass is 16.7. The molecule has 2 N–H and O–H groups in total. The Kier molecular flexibility index (Phi) is 5.78. The van der Waals surface area contributed by atoms with E-state index in [-0.39, 0.29) is 13.2 Å². The van der Waals surface area contributed by atoms with Crippen LogP contribution in [0.1, 0.15) is 15.9 Å². The maximum atomic E-state index is 12.0. The largest absolute Gasteiger partial charge is 0.459 e. The Morgan fingerprint density at radius 1 is 1.00 bits per heavy atom. The predicted molar refractivity (Wildman–Crippen MR) is 88.6 cm³/mol. The van der Waals surface area contributed by atoms with Gasteiger partial charge in [0, 0.05) is 0 Å². The number of ether oxygens (including phenoxy) is 3. The third-order valence-electron chi connectivity index (χ3n) is 3.98. The van der Waals surface area contributed by atoms with Crippen molar-refractivity contribution >= 4 is 5.97 Å². The van der Waals surface area contributed by atoms with Crippen molar-refractivity contribution < 1.29 is 29.2 Å². The van der Waals surface area contributed by atoms with Gasteiger partial charge in [-0.15, -0.1) is 0 Å². The summed E-state index contributed by atoms with van der Waals surface area (Å²) in [5.74, 6) is -0.498. The molecule has 1 saturated heterocycles. The Hall–Kier alpha value is -2.25. The first-order valence-electron chi connectivity index (χ1n) is 8.04. The molecule has 0 radical (unpaired) electrons. The topological polar surface area (TPSA) is 85.2 Å². The van der Waals surface area contributed by atoms with Crippen molar-refractivity contribution in [2.45, 2.75) is 31.2 Å². The van der Waals surface area contributed by atoms with E-state index in [4.69, 9.17) is 14.2 Å². The van der Waals surface area contributed by atoms with Crippen molar-refractivity contribution in [3.05, 3.63) is 71.8 Å². The van der Waals surface area contributed by atoms with E-state index in [2.05, 4.69) is 0 Å². The highest BCUT2D eigenvalue weighted by Gasteiger charge is 2.44. The molecule has 1 heterocycles. The van der Waals surface area contributed by atoms with Crippen LogP contribution in [0.2, 0.25) is 0 Å². The molecule has 6 nitrogen and oxygen atoms in total. The molecule has 0 aromatic heterocycles. The van der Waals surface area contributed by atoms with Gasteiger partial charge in [-0.3, -0.25) is 0 Å². The number of carbonyl (C=O) groups excluding carboxylic acids is 1. The molecule has 2 aromatic rings. The molecule has 0 amide bonds. The molecule has 3 rings (SSSR count). The van der Waals surface area contributed by atoms with Crippen molar-refractivity contribution in [1.29, 1.82) is 0 Å². The van der Waals surface area contributed by atoms with E-state index in [0.717, 1.165) is 5.56 Å². The number of hydrogen-bond acceptors (Lipinski definition) is 6. The Morgan fingerprint density at radius 2 is 1.64 bits per heavy atom. The summed E-state index contributed by atoms with van der Waals surface area (Å²) in [7, 11) is 0. The third-order valence-corrected chi connectivity index (χ3v) is 3.98. The number of carbonyl (C=O) groups is 1. The second-order valence-electron chi connectivity index (χ2n) is 5.78. The van der Waals surface area contributed by atoms with E-state index in [9.17, 15) is 15.0 Å². The summed E-state index contributed by atoms with van der Waals surface area (Å²) >= 11 is 0. The minimum absolute atomic E-state index is 0.124. The third kappa shape index (κ3) is 4.43. The summed E-state index contributed by atoms with van der Waals surface area (Å²) < 4.78 is 16.2. The molecule has 0 spiro atoms. The number of esters is 1. The van der Waals surface area contributed by atoms with Gasteiger partial charge < -0.3 is 24.4 Å². The van der Waals surface area contributed by atoms with E-state index >= 15 is 0 Å². The quantitative estimate of drug-likeness (QED) is 0.773. The summed E-state index contributed by atoms with van der Waals surface area (Å²) in [5, 5.41) is 19.8. The smallest absolute Gasteiger partial charge is 0.338 e. The summed E-state index contributed by atoms with van der Waals surface area (Å²) in [5.41, 5.74) is 1.35. The number of aliphatic hydroxyl groups excluding tert-OH is 2. The van der Waals surface area contributed by atoms with Gasteiger partial charge in [-0.05, 0) is 17.7 Å². The number of hydrogen-bond donors (Lipinski definition) is 2. The summed E-state index contributed by atoms with van der Waals surface area (Å²) in [6.07, 6.45) is -4.12. The fourth-order valence-corrected chi connectivity index (χ4v) is 2.64. The molecular formula is C19H20O6. The molecule has 0 unspecified atom stereocenters. The van der Waals surface area contributed by atoms with E-state index in [1.165, 1.54) is 0 Å². The van der Waals surface area contributed by atoms with Gasteiger partial charge in [0.1, 0.15) is 24.9 Å². The molecule has 4 atom stereocenters.